The third-order valence-electron chi connectivity index (χ3n) is 3.21. The van der Waals surface area contributed by atoms with Gasteiger partial charge in [-0.15, -0.1) is 11.1 Å². The molecule has 0 spiro atoms. The summed E-state index contributed by atoms with van der Waals surface area (Å²) >= 11 is 6.71. The molecule has 1 nitrogen and oxygen atoms in total. The van der Waals surface area contributed by atoms with E-state index in [2.05, 4.69) is 20.8 Å². The Balaban J connectivity index is 3.80. The molecule has 0 aliphatic rings. The van der Waals surface area contributed by atoms with E-state index in [0.717, 1.165) is 18.7 Å². The third-order valence-corrected chi connectivity index (χ3v) is 7.68. The quantitative estimate of drug-likeness (QED) is 0.247. The van der Waals surface area contributed by atoms with Crippen LogP contribution in [0.25, 0.3) is 0 Å². The Labute approximate surface area is 114 Å². The second-order valence-corrected chi connectivity index (χ2v) is 10.1. The maximum atomic E-state index is 6.71. The smallest absolute Gasteiger partial charge is 0.290 e. The molecule has 0 saturated carbocycles. The summed E-state index contributed by atoms with van der Waals surface area (Å²) in [5, 5.41) is 0. The normalized spacial score (nSPS) is 12.0. The maximum absolute atomic E-state index is 6.71. The first kappa shape index (κ1) is 17.5. The van der Waals surface area contributed by atoms with Gasteiger partial charge in [0.2, 0.25) is 0 Å². The van der Waals surface area contributed by atoms with Crippen molar-refractivity contribution < 1.29 is 4.43 Å². The first-order chi connectivity index (χ1) is 8.18. The summed E-state index contributed by atoms with van der Waals surface area (Å²) in [6, 6.07) is 2.29. The Bertz CT molecular complexity index is 152. The Hall–Kier alpha value is 0.467. The zero-order chi connectivity index (χ0) is 13.0. The average molecular weight is 279 g/mol. The highest BCUT2D eigenvalue weighted by Crippen LogP contribution is 2.28. The van der Waals surface area contributed by atoms with Gasteiger partial charge >= 0.3 is 0 Å². The predicted molar refractivity (Wildman–Crippen MR) is 81.1 cm³/mol. The minimum Gasteiger partial charge on any atom is -0.403 e. The van der Waals surface area contributed by atoms with E-state index in [1.54, 1.807) is 0 Å². The molecule has 0 aliphatic carbocycles. The van der Waals surface area contributed by atoms with Gasteiger partial charge in [-0.1, -0.05) is 65.2 Å². The lowest BCUT2D eigenvalue weighted by atomic mass is 10.2. The second-order valence-electron chi connectivity index (χ2n) is 4.94. The Morgan fingerprint density at radius 2 is 1.24 bits per heavy atom. The molecular weight excluding hydrogens is 248 g/mol. The number of hydrogen-bond donors (Lipinski definition) is 0. The topological polar surface area (TPSA) is 9.23 Å². The fourth-order valence-corrected chi connectivity index (χ4v) is 5.90. The van der Waals surface area contributed by atoms with E-state index in [0.29, 0.717) is 0 Å². The van der Waals surface area contributed by atoms with Crippen molar-refractivity contribution in [1.29, 1.82) is 0 Å². The maximum Gasteiger partial charge on any atom is 0.290 e. The van der Waals surface area contributed by atoms with Gasteiger partial charge in [-0.3, -0.25) is 0 Å². The molecule has 0 aliphatic heterocycles. The molecule has 0 aromatic carbocycles. The first-order valence-electron chi connectivity index (χ1n) is 7.51. The van der Waals surface area contributed by atoms with Gasteiger partial charge in [0, 0.05) is 6.61 Å². The lowest BCUT2D eigenvalue weighted by Gasteiger charge is -2.24. The highest BCUT2D eigenvalue weighted by atomic mass is 35.6. The van der Waals surface area contributed by atoms with Crippen LogP contribution in [0.4, 0.5) is 0 Å². The molecule has 0 aromatic heterocycles. The van der Waals surface area contributed by atoms with Crippen LogP contribution in [0.15, 0.2) is 0 Å². The fourth-order valence-electron chi connectivity index (χ4n) is 2.16. The van der Waals surface area contributed by atoms with Gasteiger partial charge in [0.1, 0.15) is 0 Å². The molecule has 17 heavy (non-hydrogen) atoms. The minimum atomic E-state index is -1.88. The molecule has 0 saturated heterocycles. The van der Waals surface area contributed by atoms with Crippen LogP contribution in [0.5, 0.6) is 0 Å². The van der Waals surface area contributed by atoms with E-state index < -0.39 is 7.63 Å². The van der Waals surface area contributed by atoms with Gasteiger partial charge in [0.15, 0.2) is 0 Å². The predicted octanol–water partition coefficient (Wildman–Crippen LogP) is 5.86. The summed E-state index contributed by atoms with van der Waals surface area (Å²) in [5.74, 6) is 0. The summed E-state index contributed by atoms with van der Waals surface area (Å²) in [7, 11) is -1.88. The van der Waals surface area contributed by atoms with Crippen LogP contribution in [-0.2, 0) is 4.43 Å². The largest absolute Gasteiger partial charge is 0.403 e. The minimum absolute atomic E-state index is 0.789. The molecule has 0 fully saturated rings. The number of halogens is 1. The van der Waals surface area contributed by atoms with E-state index >= 15 is 0 Å². The van der Waals surface area contributed by atoms with Crippen LogP contribution >= 0.6 is 11.1 Å². The number of hydrogen-bond acceptors (Lipinski definition) is 1. The SMILES string of the molecule is CCCCCC[Si](Cl)(CCCCCC)OCC. The molecule has 0 atom stereocenters. The van der Waals surface area contributed by atoms with Gasteiger partial charge in [-0.2, -0.15) is 0 Å². The van der Waals surface area contributed by atoms with Gasteiger partial charge in [0.25, 0.3) is 7.63 Å². The van der Waals surface area contributed by atoms with Crippen molar-refractivity contribution in [3.8, 4) is 0 Å². The molecule has 0 bridgehead atoms. The van der Waals surface area contributed by atoms with Crippen LogP contribution in [0.1, 0.15) is 72.1 Å². The van der Waals surface area contributed by atoms with E-state index in [1.807, 2.05) is 0 Å². The summed E-state index contributed by atoms with van der Waals surface area (Å²) in [4.78, 5) is 0. The lowest BCUT2D eigenvalue weighted by molar-refractivity contribution is 0.331. The lowest BCUT2D eigenvalue weighted by Crippen LogP contribution is -2.31. The van der Waals surface area contributed by atoms with E-state index in [1.165, 1.54) is 51.4 Å². The van der Waals surface area contributed by atoms with Crippen molar-refractivity contribution in [2.75, 3.05) is 6.61 Å². The van der Waals surface area contributed by atoms with Gasteiger partial charge < -0.3 is 4.43 Å². The summed E-state index contributed by atoms with van der Waals surface area (Å²) < 4.78 is 5.89. The standard InChI is InChI=1S/C14H31ClOSi/c1-4-7-9-11-13-17(15,16-6-3)14-12-10-8-5-2/h4-14H2,1-3H3. The van der Waals surface area contributed by atoms with Gasteiger partial charge in [-0.05, 0) is 19.0 Å². The summed E-state index contributed by atoms with van der Waals surface area (Å²) in [6.07, 6.45) is 10.4. The first-order valence-corrected chi connectivity index (χ1v) is 10.8. The molecule has 0 radical (unpaired) electrons. The Morgan fingerprint density at radius 3 is 1.59 bits per heavy atom. The van der Waals surface area contributed by atoms with Crippen LogP contribution in [-0.4, -0.2) is 14.2 Å². The average Bonchev–Trinajstić information content (AvgIpc) is 2.31. The molecule has 3 heteroatoms. The monoisotopic (exact) mass is 278 g/mol. The van der Waals surface area contributed by atoms with Crippen molar-refractivity contribution in [2.45, 2.75) is 84.2 Å². The van der Waals surface area contributed by atoms with Crippen LogP contribution in [0.3, 0.4) is 0 Å². The second kappa shape index (κ2) is 11.6. The fraction of sp³-hybridized carbons (Fsp3) is 1.00. The van der Waals surface area contributed by atoms with Crippen LogP contribution in [0, 0.1) is 0 Å². The van der Waals surface area contributed by atoms with Gasteiger partial charge in [-0.25, -0.2) is 0 Å². The highest BCUT2D eigenvalue weighted by molar-refractivity contribution is 7.16. The molecule has 0 aromatic rings. The van der Waals surface area contributed by atoms with E-state index in [4.69, 9.17) is 15.5 Å². The molecule has 0 rings (SSSR count). The molecule has 0 N–H and O–H groups in total. The highest BCUT2D eigenvalue weighted by Gasteiger charge is 2.30. The number of rotatable bonds is 12. The molecule has 104 valence electrons. The Kier molecular flexibility index (Phi) is 11.9. The Morgan fingerprint density at radius 1 is 0.765 bits per heavy atom. The van der Waals surface area contributed by atoms with E-state index in [-0.39, 0.29) is 0 Å². The third kappa shape index (κ3) is 10.1. The van der Waals surface area contributed by atoms with Crippen LogP contribution < -0.4 is 0 Å². The number of unbranched alkanes of at least 4 members (excludes halogenated alkanes) is 6. The van der Waals surface area contributed by atoms with Crippen molar-refractivity contribution in [3.05, 3.63) is 0 Å². The molecule has 0 unspecified atom stereocenters. The zero-order valence-corrected chi connectivity index (χ0v) is 13.8. The van der Waals surface area contributed by atoms with Crippen molar-refractivity contribution in [1.82, 2.24) is 0 Å². The van der Waals surface area contributed by atoms with Crippen molar-refractivity contribution in [2.24, 2.45) is 0 Å². The summed E-state index contributed by atoms with van der Waals surface area (Å²) in [5.41, 5.74) is 0. The van der Waals surface area contributed by atoms with Crippen LogP contribution in [0.2, 0.25) is 12.1 Å². The molecule has 0 amide bonds. The zero-order valence-electron chi connectivity index (χ0n) is 12.1. The van der Waals surface area contributed by atoms with Crippen molar-refractivity contribution in [3.63, 3.8) is 0 Å². The van der Waals surface area contributed by atoms with Crippen molar-refractivity contribution >= 4 is 18.7 Å². The molecular formula is C14H31ClOSi. The van der Waals surface area contributed by atoms with Gasteiger partial charge in [0.05, 0.1) is 0 Å². The van der Waals surface area contributed by atoms with E-state index in [9.17, 15) is 0 Å². The molecule has 0 heterocycles. The summed E-state index contributed by atoms with van der Waals surface area (Å²) in [6.45, 7) is 7.36.